The van der Waals surface area contributed by atoms with E-state index in [2.05, 4.69) is 9.38 Å². The molecule has 1 saturated carbocycles. The van der Waals surface area contributed by atoms with Crippen LogP contribution in [0.4, 0.5) is 8.28 Å². The SMILES string of the molecule is Cc1cc(C(N)=C(C(=NSF)C2CC2)c2ccc3nccn3c2)ccc1F. The predicted octanol–water partition coefficient (Wildman–Crippen LogP) is 4.99. The quantitative estimate of drug-likeness (QED) is 0.498. The molecule has 1 aromatic carbocycles. The number of imidazole rings is 1. The summed E-state index contributed by atoms with van der Waals surface area (Å²) in [6.45, 7) is 1.69. The first-order valence-electron chi connectivity index (χ1n) is 8.64. The van der Waals surface area contributed by atoms with E-state index >= 15 is 0 Å². The van der Waals surface area contributed by atoms with Gasteiger partial charge in [-0.15, -0.1) is 3.89 Å². The molecule has 4 nitrogen and oxygen atoms in total. The molecule has 0 spiro atoms. The summed E-state index contributed by atoms with van der Waals surface area (Å²) in [5.74, 6) is -0.106. The number of rotatable bonds is 5. The van der Waals surface area contributed by atoms with Gasteiger partial charge in [0, 0.05) is 41.3 Å². The van der Waals surface area contributed by atoms with Crippen LogP contribution in [0.5, 0.6) is 0 Å². The van der Waals surface area contributed by atoms with E-state index in [1.165, 1.54) is 6.07 Å². The molecule has 0 bridgehead atoms. The minimum atomic E-state index is -0.289. The number of benzene rings is 1. The second kappa shape index (κ2) is 7.15. The number of fused-ring (bicyclic) bond motifs is 1. The van der Waals surface area contributed by atoms with Crippen LogP contribution in [0.2, 0.25) is 0 Å². The number of nitrogens with zero attached hydrogens (tertiary/aromatic N) is 3. The molecule has 0 aliphatic heterocycles. The summed E-state index contributed by atoms with van der Waals surface area (Å²) in [5.41, 5.74) is 11.1. The van der Waals surface area contributed by atoms with Crippen LogP contribution in [0, 0.1) is 18.7 Å². The number of aryl methyl sites for hydroxylation is 1. The molecule has 1 fully saturated rings. The normalized spacial score (nSPS) is 15.9. The van der Waals surface area contributed by atoms with Gasteiger partial charge in [-0.3, -0.25) is 0 Å². The van der Waals surface area contributed by atoms with Gasteiger partial charge >= 0.3 is 0 Å². The van der Waals surface area contributed by atoms with Gasteiger partial charge < -0.3 is 10.1 Å². The molecule has 27 heavy (non-hydrogen) atoms. The summed E-state index contributed by atoms with van der Waals surface area (Å²) in [5, 5.41) is 0. The van der Waals surface area contributed by atoms with Gasteiger partial charge in [-0.25, -0.2) is 9.37 Å². The molecule has 1 aliphatic rings. The standard InChI is InChI=1S/C20H18F2N4S/c1-12-10-14(4-6-16(12)21)19(23)18(20(25-27-22)13-2-3-13)15-5-7-17-24-8-9-26(17)11-15/h4-11,13H,2-3,23H2,1H3. The summed E-state index contributed by atoms with van der Waals surface area (Å²) < 4.78 is 32.7. The lowest BCUT2D eigenvalue weighted by Gasteiger charge is -2.16. The molecule has 2 N–H and O–H groups in total. The topological polar surface area (TPSA) is 55.7 Å². The Kier molecular flexibility index (Phi) is 4.70. The highest BCUT2D eigenvalue weighted by Gasteiger charge is 2.32. The fourth-order valence-corrected chi connectivity index (χ4v) is 3.50. The highest BCUT2D eigenvalue weighted by Crippen LogP contribution is 2.39. The van der Waals surface area contributed by atoms with Crippen molar-refractivity contribution >= 4 is 35.0 Å². The second-order valence-electron chi connectivity index (χ2n) is 6.68. The molecule has 0 unspecified atom stereocenters. The highest BCUT2D eigenvalue weighted by molar-refractivity contribution is 7.93. The van der Waals surface area contributed by atoms with Crippen LogP contribution in [0.1, 0.15) is 29.5 Å². The van der Waals surface area contributed by atoms with Crippen LogP contribution in [0.15, 0.2) is 53.3 Å². The number of allylic oxidation sites excluding steroid dienone is 1. The Bertz CT molecular complexity index is 1070. The van der Waals surface area contributed by atoms with Crippen molar-refractivity contribution in [1.82, 2.24) is 9.38 Å². The lowest BCUT2D eigenvalue weighted by atomic mass is 9.94. The molecule has 0 saturated heterocycles. The van der Waals surface area contributed by atoms with E-state index in [1.807, 2.05) is 28.9 Å². The van der Waals surface area contributed by atoms with Crippen molar-refractivity contribution in [2.75, 3.05) is 0 Å². The number of aromatic nitrogens is 2. The lowest BCUT2D eigenvalue weighted by molar-refractivity contribution is 0.618. The first kappa shape index (κ1) is 17.7. The zero-order chi connectivity index (χ0) is 19.0. The summed E-state index contributed by atoms with van der Waals surface area (Å²) in [7, 11) is 0. The highest BCUT2D eigenvalue weighted by atomic mass is 32.2. The maximum Gasteiger partial charge on any atom is 0.186 e. The van der Waals surface area contributed by atoms with Crippen molar-refractivity contribution in [1.29, 1.82) is 0 Å². The largest absolute Gasteiger partial charge is 0.398 e. The molecule has 138 valence electrons. The van der Waals surface area contributed by atoms with Gasteiger partial charge in [0.25, 0.3) is 0 Å². The van der Waals surface area contributed by atoms with E-state index in [9.17, 15) is 8.28 Å². The molecule has 2 aromatic heterocycles. The van der Waals surface area contributed by atoms with E-state index in [-0.39, 0.29) is 24.1 Å². The van der Waals surface area contributed by atoms with Crippen molar-refractivity contribution in [3.05, 3.63) is 71.4 Å². The number of hydrogen-bond acceptors (Lipinski definition) is 4. The molecule has 0 atom stereocenters. The predicted molar refractivity (Wildman–Crippen MR) is 106 cm³/mol. The van der Waals surface area contributed by atoms with Gasteiger partial charge in [0.05, 0.1) is 5.71 Å². The van der Waals surface area contributed by atoms with Crippen LogP contribution >= 0.6 is 12.3 Å². The number of nitrogens with two attached hydrogens (primary N) is 1. The molecular weight excluding hydrogens is 366 g/mol. The number of pyridine rings is 1. The summed E-state index contributed by atoms with van der Waals surface area (Å²) in [4.78, 5) is 4.25. The van der Waals surface area contributed by atoms with Gasteiger partial charge in [-0.1, -0.05) is 0 Å². The van der Waals surface area contributed by atoms with Crippen LogP contribution in [-0.2, 0) is 0 Å². The maximum absolute atomic E-state index is 13.7. The third-order valence-electron chi connectivity index (χ3n) is 4.77. The third-order valence-corrected chi connectivity index (χ3v) is 5.03. The van der Waals surface area contributed by atoms with Crippen LogP contribution < -0.4 is 5.73 Å². The Morgan fingerprint density at radius 2 is 2.04 bits per heavy atom. The molecule has 2 heterocycles. The van der Waals surface area contributed by atoms with Gasteiger partial charge in [-0.2, -0.15) is 4.40 Å². The first-order valence-corrected chi connectivity index (χ1v) is 9.31. The molecular formula is C20H18F2N4S. The van der Waals surface area contributed by atoms with E-state index in [4.69, 9.17) is 5.73 Å². The van der Waals surface area contributed by atoms with Gasteiger partial charge in [0.15, 0.2) is 12.3 Å². The van der Waals surface area contributed by atoms with Crippen molar-refractivity contribution in [2.24, 2.45) is 16.0 Å². The van der Waals surface area contributed by atoms with E-state index in [0.717, 1.165) is 24.1 Å². The zero-order valence-corrected chi connectivity index (χ0v) is 15.5. The van der Waals surface area contributed by atoms with Gasteiger partial charge in [0.2, 0.25) is 0 Å². The molecule has 7 heteroatoms. The molecule has 0 amide bonds. The Morgan fingerprint density at radius 3 is 2.74 bits per heavy atom. The molecule has 4 rings (SSSR count). The molecule has 0 radical (unpaired) electrons. The second-order valence-corrected chi connectivity index (χ2v) is 7.00. The van der Waals surface area contributed by atoms with Gasteiger partial charge in [0.1, 0.15) is 11.5 Å². The van der Waals surface area contributed by atoms with Crippen molar-refractivity contribution in [2.45, 2.75) is 19.8 Å². The van der Waals surface area contributed by atoms with E-state index in [1.54, 1.807) is 25.3 Å². The molecule has 1 aliphatic carbocycles. The average Bonchev–Trinajstić information content (AvgIpc) is 3.40. The van der Waals surface area contributed by atoms with E-state index in [0.29, 0.717) is 28.1 Å². The fourth-order valence-electron chi connectivity index (χ4n) is 3.18. The Balaban J connectivity index is 1.94. The van der Waals surface area contributed by atoms with Gasteiger partial charge in [-0.05, 0) is 61.2 Å². The number of hydrogen-bond donors (Lipinski definition) is 1. The zero-order valence-electron chi connectivity index (χ0n) is 14.7. The van der Waals surface area contributed by atoms with Crippen LogP contribution in [-0.4, -0.2) is 15.1 Å². The lowest BCUT2D eigenvalue weighted by Crippen LogP contribution is -2.12. The summed E-state index contributed by atoms with van der Waals surface area (Å²) >= 11 is -0.0564. The summed E-state index contributed by atoms with van der Waals surface area (Å²) in [6.07, 6.45) is 7.36. The van der Waals surface area contributed by atoms with Crippen molar-refractivity contribution in [3.8, 4) is 0 Å². The fraction of sp³-hybridized carbons (Fsp3) is 0.200. The minimum Gasteiger partial charge on any atom is -0.398 e. The average molecular weight is 384 g/mol. The monoisotopic (exact) mass is 384 g/mol. The third kappa shape index (κ3) is 3.47. The van der Waals surface area contributed by atoms with Crippen LogP contribution in [0.3, 0.4) is 0 Å². The van der Waals surface area contributed by atoms with E-state index < -0.39 is 0 Å². The Hall–Kier alpha value is -2.67. The minimum absolute atomic E-state index is 0.0564. The van der Waals surface area contributed by atoms with Crippen molar-refractivity contribution in [3.63, 3.8) is 0 Å². The van der Waals surface area contributed by atoms with Crippen LogP contribution in [0.25, 0.3) is 16.9 Å². The maximum atomic E-state index is 13.7. The Labute approximate surface area is 160 Å². The molecule has 3 aromatic rings. The summed E-state index contributed by atoms with van der Waals surface area (Å²) in [6, 6.07) is 8.52. The van der Waals surface area contributed by atoms with Crippen molar-refractivity contribution < 1.29 is 8.28 Å². The Morgan fingerprint density at radius 1 is 1.26 bits per heavy atom. The number of halogens is 2. The smallest absolute Gasteiger partial charge is 0.186 e. The first-order chi connectivity index (χ1) is 13.1.